The fraction of sp³-hybridized carbons (Fsp3) is 0.316. The average Bonchev–Trinajstić information content (AvgIpc) is 2.70. The van der Waals surface area contributed by atoms with Crippen LogP contribution in [0.1, 0.15) is 12.0 Å². The Morgan fingerprint density at radius 1 is 1.23 bits per heavy atom. The normalized spacial score (nSPS) is 23.8. The van der Waals surface area contributed by atoms with Crippen LogP contribution in [0.5, 0.6) is 11.6 Å². The monoisotopic (exact) mass is 424 g/mol. The van der Waals surface area contributed by atoms with Crippen molar-refractivity contribution in [3.8, 4) is 11.6 Å². The second-order valence-electron chi connectivity index (χ2n) is 7.04. The molecule has 0 saturated carbocycles. The molecule has 158 valence electrons. The van der Waals surface area contributed by atoms with Crippen LogP contribution >= 0.6 is 0 Å². The summed E-state index contributed by atoms with van der Waals surface area (Å²) < 4.78 is 66.8. The van der Waals surface area contributed by atoms with Gasteiger partial charge in [0.2, 0.25) is 5.91 Å². The molecule has 4 rings (SSSR count). The summed E-state index contributed by atoms with van der Waals surface area (Å²) in [5.74, 6) is -7.05. The molecule has 0 bridgehead atoms. The number of carbonyl (C=O) groups excluding carboxylic acids is 1. The molecule has 2 aliphatic heterocycles. The molecule has 2 unspecified atom stereocenters. The minimum atomic E-state index is -1.48. The van der Waals surface area contributed by atoms with Gasteiger partial charge in [-0.05, 0) is 12.5 Å². The second kappa shape index (κ2) is 7.24. The predicted octanol–water partition coefficient (Wildman–Crippen LogP) is 2.66. The summed E-state index contributed by atoms with van der Waals surface area (Å²) in [4.78, 5) is 17.3. The molecule has 2 fully saturated rings. The van der Waals surface area contributed by atoms with Gasteiger partial charge in [0.05, 0.1) is 18.7 Å². The van der Waals surface area contributed by atoms with E-state index in [1.165, 1.54) is 7.05 Å². The zero-order valence-corrected chi connectivity index (χ0v) is 15.6. The van der Waals surface area contributed by atoms with Crippen LogP contribution in [0.2, 0.25) is 0 Å². The van der Waals surface area contributed by atoms with Crippen molar-refractivity contribution in [2.75, 3.05) is 20.3 Å². The summed E-state index contributed by atoms with van der Waals surface area (Å²) in [6.07, 6.45) is 0.924. The number of amides is 1. The molecule has 2 N–H and O–H groups in total. The first-order valence-corrected chi connectivity index (χ1v) is 8.93. The van der Waals surface area contributed by atoms with Crippen molar-refractivity contribution < 1.29 is 31.8 Å². The van der Waals surface area contributed by atoms with Crippen molar-refractivity contribution in [3.63, 3.8) is 0 Å². The van der Waals surface area contributed by atoms with Gasteiger partial charge in [0, 0.05) is 31.4 Å². The van der Waals surface area contributed by atoms with E-state index in [2.05, 4.69) is 10.3 Å². The number of hydrogen-bond acceptors (Lipinski definition) is 5. The third-order valence-electron chi connectivity index (χ3n) is 5.26. The number of benzene rings is 1. The van der Waals surface area contributed by atoms with Crippen molar-refractivity contribution in [2.45, 2.75) is 12.0 Å². The number of aromatic nitrogens is 1. The highest BCUT2D eigenvalue weighted by Gasteiger charge is 2.53. The molecule has 0 spiro atoms. The van der Waals surface area contributed by atoms with Crippen LogP contribution in [0.4, 0.5) is 17.6 Å². The smallest absolute Gasteiger partial charge is 0.256 e. The number of carbonyl (C=O) groups is 1. The van der Waals surface area contributed by atoms with Crippen LogP contribution in [0.15, 0.2) is 24.4 Å². The van der Waals surface area contributed by atoms with Gasteiger partial charge >= 0.3 is 0 Å². The molecule has 0 aliphatic carbocycles. The molecule has 2 aliphatic rings. The van der Waals surface area contributed by atoms with Crippen molar-refractivity contribution in [3.05, 3.63) is 53.2 Å². The minimum Gasteiger partial charge on any atom is -0.433 e. The number of nitrogens with one attached hydrogen (secondary N) is 2. The maximum Gasteiger partial charge on any atom is 0.256 e. The van der Waals surface area contributed by atoms with E-state index in [4.69, 9.17) is 14.9 Å². The second-order valence-corrected chi connectivity index (χ2v) is 7.04. The summed E-state index contributed by atoms with van der Waals surface area (Å²) in [5.41, 5.74) is -1.67. The van der Waals surface area contributed by atoms with E-state index in [9.17, 15) is 22.4 Å². The van der Waals surface area contributed by atoms with Crippen molar-refractivity contribution in [1.29, 1.82) is 5.41 Å². The molecular weight excluding hydrogens is 408 g/mol. The molecule has 3 heterocycles. The van der Waals surface area contributed by atoms with Gasteiger partial charge in [0.1, 0.15) is 17.2 Å². The van der Waals surface area contributed by atoms with Crippen LogP contribution in [0.3, 0.4) is 0 Å². The maximum atomic E-state index is 14.9. The third kappa shape index (κ3) is 3.15. The van der Waals surface area contributed by atoms with E-state index in [1.807, 2.05) is 0 Å². The van der Waals surface area contributed by atoms with Gasteiger partial charge < -0.3 is 14.8 Å². The van der Waals surface area contributed by atoms with Crippen LogP contribution < -0.4 is 10.1 Å². The quantitative estimate of drug-likeness (QED) is 0.740. The molecular formula is C19H16F4N4O3. The van der Waals surface area contributed by atoms with Gasteiger partial charge in [0.25, 0.3) is 5.88 Å². The Morgan fingerprint density at radius 3 is 2.73 bits per heavy atom. The van der Waals surface area contributed by atoms with E-state index in [1.54, 1.807) is 0 Å². The first-order valence-electron chi connectivity index (χ1n) is 8.93. The van der Waals surface area contributed by atoms with Gasteiger partial charge in [0.15, 0.2) is 23.3 Å². The standard InChI is InChI=1S/C19H16F4N4O3/c1-27-17(28)10-2-3-29-8-19(10,26-18(27)24)11-5-15(13(22)6-12(11)21)30-16-14(23)4-9(20)7-25-16/h4-7,10H,2-3,8H2,1H3,(H2,24,26). The first kappa shape index (κ1) is 20.1. The van der Waals surface area contributed by atoms with E-state index in [-0.39, 0.29) is 31.2 Å². The molecule has 2 atom stereocenters. The Balaban J connectivity index is 1.81. The molecule has 30 heavy (non-hydrogen) atoms. The molecule has 2 aromatic rings. The van der Waals surface area contributed by atoms with Gasteiger partial charge in [-0.3, -0.25) is 15.1 Å². The van der Waals surface area contributed by atoms with Crippen LogP contribution in [0, 0.1) is 34.6 Å². The first-order chi connectivity index (χ1) is 14.2. The zero-order chi connectivity index (χ0) is 21.6. The molecule has 1 aromatic carbocycles. The van der Waals surface area contributed by atoms with Crippen molar-refractivity contribution >= 4 is 11.9 Å². The van der Waals surface area contributed by atoms with Crippen molar-refractivity contribution in [2.24, 2.45) is 5.92 Å². The Labute approximate surface area is 168 Å². The number of pyridine rings is 1. The number of guanidine groups is 1. The summed E-state index contributed by atoms with van der Waals surface area (Å²) in [6.45, 7) is 0.0860. The van der Waals surface area contributed by atoms with Crippen LogP contribution in [0.25, 0.3) is 0 Å². The maximum absolute atomic E-state index is 14.9. The lowest BCUT2D eigenvalue weighted by molar-refractivity contribution is -0.143. The SMILES string of the molecule is CN1C(=N)NC2(c3cc(Oc4ncc(F)cc4F)c(F)cc3F)COCCC2C1=O. The highest BCUT2D eigenvalue weighted by molar-refractivity contribution is 6.00. The van der Waals surface area contributed by atoms with E-state index >= 15 is 0 Å². The third-order valence-corrected chi connectivity index (χ3v) is 5.26. The molecule has 2 saturated heterocycles. The Kier molecular flexibility index (Phi) is 4.85. The molecule has 1 aromatic heterocycles. The number of hydrogen-bond donors (Lipinski definition) is 2. The number of rotatable bonds is 3. The lowest BCUT2D eigenvalue weighted by Gasteiger charge is -2.49. The van der Waals surface area contributed by atoms with E-state index in [0.717, 1.165) is 11.0 Å². The van der Waals surface area contributed by atoms with Crippen molar-refractivity contribution in [1.82, 2.24) is 15.2 Å². The van der Waals surface area contributed by atoms with Crippen LogP contribution in [-0.4, -0.2) is 42.0 Å². The number of fused-ring (bicyclic) bond motifs is 1. The fourth-order valence-corrected chi connectivity index (χ4v) is 3.74. The number of nitrogens with zero attached hydrogens (tertiary/aromatic N) is 2. The highest BCUT2D eigenvalue weighted by Crippen LogP contribution is 2.42. The minimum absolute atomic E-state index is 0.162. The van der Waals surface area contributed by atoms with Gasteiger partial charge in [-0.1, -0.05) is 0 Å². The Bertz CT molecular complexity index is 1050. The summed E-state index contributed by atoms with van der Waals surface area (Å²) in [5, 5.41) is 10.8. The van der Waals surface area contributed by atoms with Gasteiger partial charge in [-0.25, -0.2) is 22.5 Å². The van der Waals surface area contributed by atoms with Gasteiger partial charge in [-0.15, -0.1) is 0 Å². The largest absolute Gasteiger partial charge is 0.433 e. The molecule has 11 heteroatoms. The lowest BCUT2D eigenvalue weighted by atomic mass is 9.73. The molecule has 0 radical (unpaired) electrons. The van der Waals surface area contributed by atoms with Gasteiger partial charge in [-0.2, -0.15) is 0 Å². The average molecular weight is 424 g/mol. The number of ether oxygens (including phenoxy) is 2. The lowest BCUT2D eigenvalue weighted by Crippen LogP contribution is -2.68. The topological polar surface area (TPSA) is 87.5 Å². The zero-order valence-electron chi connectivity index (χ0n) is 15.6. The molecule has 7 nitrogen and oxygen atoms in total. The van der Waals surface area contributed by atoms with E-state index in [0.29, 0.717) is 18.3 Å². The summed E-state index contributed by atoms with van der Waals surface area (Å²) >= 11 is 0. The summed E-state index contributed by atoms with van der Waals surface area (Å²) in [7, 11) is 1.41. The molecule has 1 amide bonds. The van der Waals surface area contributed by atoms with Crippen LogP contribution in [-0.2, 0) is 15.1 Å². The number of halogens is 4. The fourth-order valence-electron chi connectivity index (χ4n) is 3.74. The summed E-state index contributed by atoms with van der Waals surface area (Å²) in [6, 6.07) is 2.00. The Hall–Kier alpha value is -3.21. The predicted molar refractivity (Wildman–Crippen MR) is 94.8 cm³/mol. The van der Waals surface area contributed by atoms with E-state index < -0.39 is 52.3 Å². The highest BCUT2D eigenvalue weighted by atomic mass is 19.1. The Morgan fingerprint density at radius 2 is 2.00 bits per heavy atom.